The summed E-state index contributed by atoms with van der Waals surface area (Å²) < 4.78 is 28.2. The van der Waals surface area contributed by atoms with Crippen molar-refractivity contribution >= 4 is 11.8 Å². The molecule has 0 spiro atoms. The van der Waals surface area contributed by atoms with Crippen molar-refractivity contribution in [2.24, 2.45) is 0 Å². The Labute approximate surface area is 124 Å². The van der Waals surface area contributed by atoms with Crippen molar-refractivity contribution in [3.63, 3.8) is 0 Å². The van der Waals surface area contributed by atoms with E-state index in [1.165, 1.54) is 0 Å². The molecule has 22 heavy (non-hydrogen) atoms. The normalized spacial score (nSPS) is 16.8. The van der Waals surface area contributed by atoms with E-state index in [0.29, 0.717) is 12.2 Å². The van der Waals surface area contributed by atoms with Crippen LogP contribution in [-0.4, -0.2) is 22.4 Å². The Morgan fingerprint density at radius 2 is 2.18 bits per heavy atom. The average molecular weight is 305 g/mol. The van der Waals surface area contributed by atoms with E-state index in [1.54, 1.807) is 22.9 Å². The summed E-state index contributed by atoms with van der Waals surface area (Å²) in [7, 11) is 0. The van der Waals surface area contributed by atoms with E-state index >= 15 is 0 Å². The van der Waals surface area contributed by atoms with Crippen molar-refractivity contribution in [1.29, 1.82) is 0 Å². The van der Waals surface area contributed by atoms with Gasteiger partial charge in [-0.15, -0.1) is 0 Å². The lowest BCUT2D eigenvalue weighted by Gasteiger charge is -2.24. The van der Waals surface area contributed by atoms with Crippen LogP contribution in [0.25, 0.3) is 0 Å². The molecular formula is C15H13F2N3O2. The van der Waals surface area contributed by atoms with Gasteiger partial charge in [-0.1, -0.05) is 0 Å². The zero-order valence-corrected chi connectivity index (χ0v) is 11.5. The standard InChI is InChI=1S/C15H13F2N3O2/c16-10-3-4-11(17)9(6-10)7-18-14(21)12-8-20-5-1-2-13(20)15(22)19-12/h1-6,12H,7-8H2,(H,18,21)(H,19,22). The number of aromatic nitrogens is 1. The van der Waals surface area contributed by atoms with Crippen LogP contribution in [0.1, 0.15) is 16.1 Å². The third-order valence-electron chi connectivity index (χ3n) is 3.52. The topological polar surface area (TPSA) is 63.1 Å². The van der Waals surface area contributed by atoms with E-state index in [-0.39, 0.29) is 18.0 Å². The summed E-state index contributed by atoms with van der Waals surface area (Å²) in [4.78, 5) is 23.9. The highest BCUT2D eigenvalue weighted by molar-refractivity contribution is 5.97. The number of nitrogens with zero attached hydrogens (tertiary/aromatic N) is 1. The highest BCUT2D eigenvalue weighted by Crippen LogP contribution is 2.11. The maximum absolute atomic E-state index is 13.5. The first-order valence-corrected chi connectivity index (χ1v) is 6.72. The molecule has 2 heterocycles. The van der Waals surface area contributed by atoms with Crippen LogP contribution < -0.4 is 10.6 Å². The first-order valence-electron chi connectivity index (χ1n) is 6.72. The second-order valence-corrected chi connectivity index (χ2v) is 5.03. The molecule has 0 fully saturated rings. The third-order valence-corrected chi connectivity index (χ3v) is 3.52. The van der Waals surface area contributed by atoms with Crippen LogP contribution in [-0.2, 0) is 17.9 Å². The van der Waals surface area contributed by atoms with Crippen LogP contribution in [0.3, 0.4) is 0 Å². The van der Waals surface area contributed by atoms with Gasteiger partial charge in [0.1, 0.15) is 23.4 Å². The number of fused-ring (bicyclic) bond motifs is 1. The number of nitrogens with one attached hydrogen (secondary N) is 2. The van der Waals surface area contributed by atoms with Gasteiger partial charge in [0.2, 0.25) is 5.91 Å². The van der Waals surface area contributed by atoms with Gasteiger partial charge in [-0.3, -0.25) is 9.59 Å². The number of hydrogen-bond acceptors (Lipinski definition) is 2. The van der Waals surface area contributed by atoms with Crippen molar-refractivity contribution in [2.45, 2.75) is 19.1 Å². The fourth-order valence-corrected chi connectivity index (χ4v) is 2.39. The predicted octanol–water partition coefficient (Wildman–Crippen LogP) is 1.19. The van der Waals surface area contributed by atoms with E-state index in [0.717, 1.165) is 18.2 Å². The molecule has 1 aromatic heterocycles. The van der Waals surface area contributed by atoms with Gasteiger partial charge in [0, 0.05) is 18.3 Å². The lowest BCUT2D eigenvalue weighted by atomic mass is 10.1. The van der Waals surface area contributed by atoms with Gasteiger partial charge >= 0.3 is 0 Å². The molecule has 0 saturated carbocycles. The highest BCUT2D eigenvalue weighted by Gasteiger charge is 2.28. The second kappa shape index (κ2) is 5.59. The molecule has 1 aliphatic rings. The quantitative estimate of drug-likeness (QED) is 0.895. The molecular weight excluding hydrogens is 292 g/mol. The van der Waals surface area contributed by atoms with Crippen LogP contribution in [0.2, 0.25) is 0 Å². The maximum Gasteiger partial charge on any atom is 0.268 e. The third kappa shape index (κ3) is 2.69. The molecule has 1 aliphatic heterocycles. The van der Waals surface area contributed by atoms with Crippen LogP contribution in [0.15, 0.2) is 36.5 Å². The number of amides is 2. The zero-order valence-electron chi connectivity index (χ0n) is 11.5. The Morgan fingerprint density at radius 1 is 1.36 bits per heavy atom. The zero-order chi connectivity index (χ0) is 15.7. The van der Waals surface area contributed by atoms with Gasteiger partial charge in [0.05, 0.1) is 6.54 Å². The molecule has 1 unspecified atom stereocenters. The molecule has 5 nitrogen and oxygen atoms in total. The van der Waals surface area contributed by atoms with Crippen LogP contribution in [0, 0.1) is 11.6 Å². The fraction of sp³-hybridized carbons (Fsp3) is 0.200. The van der Waals surface area contributed by atoms with E-state index in [2.05, 4.69) is 10.6 Å². The van der Waals surface area contributed by atoms with E-state index < -0.39 is 23.6 Å². The molecule has 0 saturated heterocycles. The summed E-state index contributed by atoms with van der Waals surface area (Å²) in [6.45, 7) is 0.152. The minimum atomic E-state index is -0.746. The second-order valence-electron chi connectivity index (χ2n) is 5.03. The number of halogens is 2. The fourth-order valence-electron chi connectivity index (χ4n) is 2.39. The molecule has 0 bridgehead atoms. The average Bonchev–Trinajstić information content (AvgIpc) is 2.97. The van der Waals surface area contributed by atoms with Gasteiger partial charge in [-0.2, -0.15) is 0 Å². The number of rotatable bonds is 3. The van der Waals surface area contributed by atoms with Crippen molar-refractivity contribution in [3.05, 3.63) is 59.4 Å². The smallest absolute Gasteiger partial charge is 0.268 e. The number of carbonyl (C=O) groups is 2. The Hall–Kier alpha value is -2.70. The predicted molar refractivity (Wildman–Crippen MR) is 73.9 cm³/mol. The summed E-state index contributed by atoms with van der Waals surface area (Å²) >= 11 is 0. The highest BCUT2D eigenvalue weighted by atomic mass is 19.1. The maximum atomic E-state index is 13.5. The van der Waals surface area contributed by atoms with E-state index in [4.69, 9.17) is 0 Å². The summed E-state index contributed by atoms with van der Waals surface area (Å²) in [5, 5.41) is 5.09. The first kappa shape index (κ1) is 14.2. The largest absolute Gasteiger partial charge is 0.350 e. The van der Waals surface area contributed by atoms with E-state index in [9.17, 15) is 18.4 Å². The van der Waals surface area contributed by atoms with Crippen LogP contribution in [0.5, 0.6) is 0 Å². The summed E-state index contributed by atoms with van der Waals surface area (Å²) in [5.41, 5.74) is 0.539. The molecule has 2 aromatic rings. The number of hydrogen-bond donors (Lipinski definition) is 2. The Balaban J connectivity index is 1.66. The van der Waals surface area contributed by atoms with Crippen LogP contribution >= 0.6 is 0 Å². The molecule has 2 N–H and O–H groups in total. The number of carbonyl (C=O) groups excluding carboxylic acids is 2. The van der Waals surface area contributed by atoms with E-state index in [1.807, 2.05) is 0 Å². The SMILES string of the molecule is O=C1NC(C(=O)NCc2cc(F)ccc2F)Cn2cccc21. The van der Waals surface area contributed by atoms with Gasteiger partial charge in [-0.25, -0.2) is 8.78 Å². The Kier molecular flexibility index (Phi) is 3.62. The molecule has 114 valence electrons. The summed E-state index contributed by atoms with van der Waals surface area (Å²) in [6, 6.07) is 5.67. The van der Waals surface area contributed by atoms with Gasteiger partial charge in [0.15, 0.2) is 0 Å². The number of benzene rings is 1. The lowest BCUT2D eigenvalue weighted by molar-refractivity contribution is -0.123. The Bertz CT molecular complexity index is 742. The first-order chi connectivity index (χ1) is 10.5. The summed E-state index contributed by atoms with van der Waals surface area (Å²) in [6.07, 6.45) is 1.71. The molecule has 3 rings (SSSR count). The molecule has 0 radical (unpaired) electrons. The minimum Gasteiger partial charge on any atom is -0.350 e. The Morgan fingerprint density at radius 3 is 3.00 bits per heavy atom. The monoisotopic (exact) mass is 305 g/mol. The minimum absolute atomic E-state index is 0.0529. The lowest BCUT2D eigenvalue weighted by Crippen LogP contribution is -2.52. The van der Waals surface area contributed by atoms with Gasteiger partial charge in [-0.05, 0) is 30.3 Å². The molecule has 0 aliphatic carbocycles. The summed E-state index contributed by atoms with van der Waals surface area (Å²) in [5.74, 6) is -1.96. The molecule has 2 amide bonds. The van der Waals surface area contributed by atoms with Crippen molar-refractivity contribution in [2.75, 3.05) is 0 Å². The van der Waals surface area contributed by atoms with Gasteiger partial charge < -0.3 is 15.2 Å². The molecule has 7 heteroatoms. The van der Waals surface area contributed by atoms with Crippen molar-refractivity contribution in [1.82, 2.24) is 15.2 Å². The van der Waals surface area contributed by atoms with Crippen LogP contribution in [0.4, 0.5) is 8.78 Å². The van der Waals surface area contributed by atoms with Gasteiger partial charge in [0.25, 0.3) is 5.91 Å². The molecule has 1 atom stereocenters. The van der Waals surface area contributed by atoms with Crippen molar-refractivity contribution < 1.29 is 18.4 Å². The van der Waals surface area contributed by atoms with Crippen molar-refractivity contribution in [3.8, 4) is 0 Å². The molecule has 1 aromatic carbocycles.